The van der Waals surface area contributed by atoms with E-state index in [9.17, 15) is 14.4 Å². The van der Waals surface area contributed by atoms with E-state index >= 15 is 0 Å². The van der Waals surface area contributed by atoms with E-state index in [1.165, 1.54) is 13.8 Å². The standard InChI is InChI=1S/C9H15NO4/c1-4-14-9(13)8(5-6(2)11)10-7(3)12/h8H,4-5H2,1-3H3,(H,10,12). The molecule has 80 valence electrons. The third-order valence-corrected chi connectivity index (χ3v) is 1.44. The molecule has 14 heavy (non-hydrogen) atoms. The topological polar surface area (TPSA) is 72.5 Å². The van der Waals surface area contributed by atoms with Gasteiger partial charge < -0.3 is 10.1 Å². The summed E-state index contributed by atoms with van der Waals surface area (Å²) in [5.41, 5.74) is 0. The van der Waals surface area contributed by atoms with Crippen molar-refractivity contribution in [2.45, 2.75) is 33.2 Å². The van der Waals surface area contributed by atoms with Gasteiger partial charge >= 0.3 is 5.97 Å². The minimum absolute atomic E-state index is 0.0294. The van der Waals surface area contributed by atoms with Crippen molar-refractivity contribution in [3.8, 4) is 0 Å². The molecule has 1 unspecified atom stereocenters. The predicted molar refractivity (Wildman–Crippen MR) is 49.5 cm³/mol. The van der Waals surface area contributed by atoms with Crippen molar-refractivity contribution in [3.05, 3.63) is 0 Å². The number of esters is 1. The van der Waals surface area contributed by atoms with E-state index in [0.29, 0.717) is 0 Å². The van der Waals surface area contributed by atoms with Crippen molar-refractivity contribution < 1.29 is 19.1 Å². The van der Waals surface area contributed by atoms with E-state index in [0.717, 1.165) is 0 Å². The maximum Gasteiger partial charge on any atom is 0.329 e. The van der Waals surface area contributed by atoms with Crippen LogP contribution in [0.5, 0.6) is 0 Å². The lowest BCUT2D eigenvalue weighted by molar-refractivity contribution is -0.148. The molecule has 1 amide bonds. The summed E-state index contributed by atoms with van der Waals surface area (Å²) in [7, 11) is 0. The molecule has 0 radical (unpaired) electrons. The van der Waals surface area contributed by atoms with Gasteiger partial charge in [0.15, 0.2) is 0 Å². The molecular weight excluding hydrogens is 186 g/mol. The van der Waals surface area contributed by atoms with Gasteiger partial charge in [-0.05, 0) is 13.8 Å². The Morgan fingerprint density at radius 2 is 1.86 bits per heavy atom. The number of ketones is 1. The van der Waals surface area contributed by atoms with E-state index < -0.39 is 12.0 Å². The number of ether oxygens (including phenoxy) is 1. The van der Waals surface area contributed by atoms with Gasteiger partial charge in [0.25, 0.3) is 0 Å². The molecule has 0 aromatic rings. The lowest BCUT2D eigenvalue weighted by Gasteiger charge is -2.14. The molecular formula is C9H15NO4. The van der Waals surface area contributed by atoms with Crippen molar-refractivity contribution in [2.75, 3.05) is 6.61 Å². The number of nitrogens with one attached hydrogen (secondary N) is 1. The first-order valence-corrected chi connectivity index (χ1v) is 4.40. The van der Waals surface area contributed by atoms with Crippen molar-refractivity contribution in [3.63, 3.8) is 0 Å². The van der Waals surface area contributed by atoms with E-state index in [2.05, 4.69) is 5.32 Å². The molecule has 0 aromatic carbocycles. The van der Waals surface area contributed by atoms with Crippen LogP contribution in [-0.4, -0.2) is 30.3 Å². The fraction of sp³-hybridized carbons (Fsp3) is 0.667. The highest BCUT2D eigenvalue weighted by Crippen LogP contribution is 1.97. The minimum atomic E-state index is -0.857. The molecule has 5 heteroatoms. The van der Waals surface area contributed by atoms with Crippen LogP contribution in [0.1, 0.15) is 27.2 Å². The van der Waals surface area contributed by atoms with Crippen LogP contribution in [-0.2, 0) is 19.1 Å². The fourth-order valence-corrected chi connectivity index (χ4v) is 0.969. The molecule has 0 saturated carbocycles. The number of amides is 1. The number of rotatable bonds is 5. The summed E-state index contributed by atoms with van der Waals surface area (Å²) in [5.74, 6) is -1.10. The first-order chi connectivity index (χ1) is 6.47. The molecule has 0 spiro atoms. The predicted octanol–water partition coefficient (Wildman–Crippen LogP) is 0.0333. The SMILES string of the molecule is CCOC(=O)C(CC(C)=O)NC(C)=O. The summed E-state index contributed by atoms with van der Waals surface area (Å²) in [5, 5.41) is 2.36. The Bertz CT molecular complexity index is 221. The molecule has 0 aliphatic carbocycles. The van der Waals surface area contributed by atoms with Crippen LogP contribution < -0.4 is 5.32 Å². The summed E-state index contributed by atoms with van der Waals surface area (Å²) in [6, 6.07) is -0.857. The van der Waals surface area contributed by atoms with E-state index in [1.54, 1.807) is 6.92 Å². The van der Waals surface area contributed by atoms with Gasteiger partial charge in [0.1, 0.15) is 11.8 Å². The monoisotopic (exact) mass is 201 g/mol. The highest BCUT2D eigenvalue weighted by Gasteiger charge is 2.21. The van der Waals surface area contributed by atoms with Crippen LogP contribution in [0, 0.1) is 0 Å². The van der Waals surface area contributed by atoms with Crippen LogP contribution in [0.2, 0.25) is 0 Å². The van der Waals surface area contributed by atoms with Gasteiger partial charge in [0.05, 0.1) is 6.61 Å². The Morgan fingerprint density at radius 1 is 1.29 bits per heavy atom. The number of hydrogen-bond acceptors (Lipinski definition) is 4. The Hall–Kier alpha value is -1.39. The molecule has 0 saturated heterocycles. The number of carbonyl (C=O) groups is 3. The number of carbonyl (C=O) groups excluding carboxylic acids is 3. The van der Waals surface area contributed by atoms with Gasteiger partial charge in [0.2, 0.25) is 5.91 Å². The van der Waals surface area contributed by atoms with Crippen LogP contribution in [0.4, 0.5) is 0 Å². The zero-order valence-electron chi connectivity index (χ0n) is 8.62. The lowest BCUT2D eigenvalue weighted by Crippen LogP contribution is -2.41. The fourth-order valence-electron chi connectivity index (χ4n) is 0.969. The van der Waals surface area contributed by atoms with Gasteiger partial charge in [-0.1, -0.05) is 0 Å². The normalized spacial score (nSPS) is 11.6. The van der Waals surface area contributed by atoms with Crippen molar-refractivity contribution in [2.24, 2.45) is 0 Å². The molecule has 0 bridgehead atoms. The van der Waals surface area contributed by atoms with Gasteiger partial charge in [-0.3, -0.25) is 9.59 Å². The van der Waals surface area contributed by atoms with E-state index in [4.69, 9.17) is 4.74 Å². The second kappa shape index (κ2) is 6.12. The number of hydrogen-bond donors (Lipinski definition) is 1. The molecule has 5 nitrogen and oxygen atoms in total. The summed E-state index contributed by atoms with van der Waals surface area (Å²) in [6.45, 7) is 4.53. The zero-order chi connectivity index (χ0) is 11.1. The molecule has 0 rings (SSSR count). The second-order valence-corrected chi connectivity index (χ2v) is 2.91. The zero-order valence-corrected chi connectivity index (χ0v) is 8.62. The van der Waals surface area contributed by atoms with Gasteiger partial charge in [0, 0.05) is 13.3 Å². The lowest BCUT2D eigenvalue weighted by atomic mass is 10.1. The van der Waals surface area contributed by atoms with Crippen LogP contribution in [0.15, 0.2) is 0 Å². The first-order valence-electron chi connectivity index (χ1n) is 4.40. The molecule has 1 atom stereocenters. The van der Waals surface area contributed by atoms with Crippen LogP contribution >= 0.6 is 0 Å². The van der Waals surface area contributed by atoms with Gasteiger partial charge in [-0.25, -0.2) is 4.79 Å². The Kier molecular flexibility index (Phi) is 5.52. The Morgan fingerprint density at radius 3 is 2.21 bits per heavy atom. The number of Topliss-reactive ketones (excluding diaryl/α,β-unsaturated/α-hetero) is 1. The molecule has 1 N–H and O–H groups in total. The van der Waals surface area contributed by atoms with Crippen molar-refractivity contribution in [1.82, 2.24) is 5.32 Å². The van der Waals surface area contributed by atoms with Gasteiger partial charge in [-0.2, -0.15) is 0 Å². The third-order valence-electron chi connectivity index (χ3n) is 1.44. The van der Waals surface area contributed by atoms with Crippen LogP contribution in [0.25, 0.3) is 0 Å². The summed E-state index contributed by atoms with van der Waals surface area (Å²) in [4.78, 5) is 32.7. The smallest absolute Gasteiger partial charge is 0.329 e. The van der Waals surface area contributed by atoms with E-state index in [-0.39, 0.29) is 24.7 Å². The summed E-state index contributed by atoms with van der Waals surface area (Å²) in [6.07, 6.45) is -0.0294. The molecule has 0 heterocycles. The highest BCUT2D eigenvalue weighted by atomic mass is 16.5. The van der Waals surface area contributed by atoms with E-state index in [1.807, 2.05) is 0 Å². The largest absolute Gasteiger partial charge is 0.464 e. The van der Waals surface area contributed by atoms with Crippen molar-refractivity contribution in [1.29, 1.82) is 0 Å². The Labute approximate surface area is 82.8 Å². The molecule has 0 aromatic heterocycles. The minimum Gasteiger partial charge on any atom is -0.464 e. The first kappa shape index (κ1) is 12.6. The summed E-state index contributed by atoms with van der Waals surface area (Å²) >= 11 is 0. The maximum absolute atomic E-state index is 11.2. The van der Waals surface area contributed by atoms with Gasteiger partial charge in [-0.15, -0.1) is 0 Å². The summed E-state index contributed by atoms with van der Waals surface area (Å²) < 4.78 is 4.70. The molecule has 0 aliphatic rings. The Balaban J connectivity index is 4.29. The highest BCUT2D eigenvalue weighted by molar-refractivity contribution is 5.88. The second-order valence-electron chi connectivity index (χ2n) is 2.91. The average Bonchev–Trinajstić information content (AvgIpc) is 2.01. The quantitative estimate of drug-likeness (QED) is 0.637. The average molecular weight is 201 g/mol. The van der Waals surface area contributed by atoms with Crippen LogP contribution in [0.3, 0.4) is 0 Å². The maximum atomic E-state index is 11.2. The molecule has 0 fully saturated rings. The molecule has 0 aliphatic heterocycles. The third kappa shape index (κ3) is 5.29. The van der Waals surface area contributed by atoms with Crippen molar-refractivity contribution >= 4 is 17.7 Å².